The number of anilines is 1. The minimum absolute atomic E-state index is 0.0511. The Labute approximate surface area is 179 Å². The van der Waals surface area contributed by atoms with E-state index in [-0.39, 0.29) is 12.5 Å². The summed E-state index contributed by atoms with van der Waals surface area (Å²) in [4.78, 5) is 23.0. The average Bonchev–Trinajstić information content (AvgIpc) is 3.48. The standard InChI is InChI=1S/C27H19N3O/c1-2-15-30-23-14-8-5-11-20(23)27(26(30)31,24-16-18-9-3-6-12-21(18)28-24)25-17-19-10-4-7-13-22(19)29-25/h1,3-14,16-17,28-29H,15H2. The highest BCUT2D eigenvalue weighted by molar-refractivity contribution is 6.13. The average molecular weight is 401 g/mol. The van der Waals surface area contributed by atoms with Crippen LogP contribution < -0.4 is 4.90 Å². The molecule has 4 nitrogen and oxygen atoms in total. The summed E-state index contributed by atoms with van der Waals surface area (Å²) in [5.74, 6) is 2.61. The van der Waals surface area contributed by atoms with Crippen LogP contribution in [0.15, 0.2) is 84.9 Å². The fourth-order valence-electron chi connectivity index (χ4n) is 4.92. The Hall–Kier alpha value is -4.23. The van der Waals surface area contributed by atoms with Crippen LogP contribution in [0.4, 0.5) is 5.69 Å². The molecule has 4 heteroatoms. The number of para-hydroxylation sites is 3. The highest BCUT2D eigenvalue weighted by Gasteiger charge is 2.55. The van der Waals surface area contributed by atoms with E-state index in [4.69, 9.17) is 6.42 Å². The second-order valence-electron chi connectivity index (χ2n) is 7.90. The molecule has 1 aliphatic heterocycles. The predicted octanol–water partition coefficient (Wildman–Crippen LogP) is 4.96. The molecule has 6 rings (SSSR count). The number of aromatic nitrogens is 2. The number of hydrogen-bond donors (Lipinski definition) is 2. The second kappa shape index (κ2) is 6.38. The lowest BCUT2D eigenvalue weighted by atomic mass is 9.75. The van der Waals surface area contributed by atoms with Gasteiger partial charge in [-0.25, -0.2) is 0 Å². The van der Waals surface area contributed by atoms with Crippen molar-refractivity contribution in [3.63, 3.8) is 0 Å². The van der Waals surface area contributed by atoms with Crippen LogP contribution >= 0.6 is 0 Å². The monoisotopic (exact) mass is 401 g/mol. The zero-order chi connectivity index (χ0) is 21.0. The van der Waals surface area contributed by atoms with E-state index in [1.807, 2.05) is 60.7 Å². The van der Waals surface area contributed by atoms with Gasteiger partial charge in [-0.05, 0) is 41.1 Å². The van der Waals surface area contributed by atoms with Gasteiger partial charge in [-0.3, -0.25) is 9.69 Å². The SMILES string of the molecule is C#CCN1C(=O)C(c2cc3ccccc3[nH]2)(c2cc3ccccc3[nH]2)c2ccccc21. The first-order valence-corrected chi connectivity index (χ1v) is 10.2. The van der Waals surface area contributed by atoms with Gasteiger partial charge >= 0.3 is 0 Å². The molecule has 0 radical (unpaired) electrons. The predicted molar refractivity (Wildman–Crippen MR) is 124 cm³/mol. The Bertz CT molecular complexity index is 1370. The maximum Gasteiger partial charge on any atom is 0.250 e. The number of nitrogens with one attached hydrogen (secondary N) is 2. The van der Waals surface area contributed by atoms with E-state index < -0.39 is 5.41 Å². The minimum Gasteiger partial charge on any atom is -0.357 e. The number of carbonyl (C=O) groups is 1. The molecule has 1 aliphatic rings. The van der Waals surface area contributed by atoms with Gasteiger partial charge in [-0.2, -0.15) is 0 Å². The summed E-state index contributed by atoms with van der Waals surface area (Å²) in [7, 11) is 0. The van der Waals surface area contributed by atoms with Crippen LogP contribution in [0.1, 0.15) is 17.0 Å². The molecule has 0 spiro atoms. The van der Waals surface area contributed by atoms with Crippen molar-refractivity contribution in [1.29, 1.82) is 0 Å². The maximum atomic E-state index is 14.2. The van der Waals surface area contributed by atoms with Crippen molar-refractivity contribution in [2.24, 2.45) is 0 Å². The van der Waals surface area contributed by atoms with Gasteiger partial charge in [-0.15, -0.1) is 6.42 Å². The minimum atomic E-state index is -1.04. The van der Waals surface area contributed by atoms with Crippen LogP contribution in [-0.4, -0.2) is 22.4 Å². The van der Waals surface area contributed by atoms with Gasteiger partial charge in [0, 0.05) is 33.7 Å². The molecule has 2 aromatic heterocycles. The van der Waals surface area contributed by atoms with Gasteiger partial charge in [-0.1, -0.05) is 60.5 Å². The highest BCUT2D eigenvalue weighted by atomic mass is 16.2. The lowest BCUT2D eigenvalue weighted by Crippen LogP contribution is -2.43. The van der Waals surface area contributed by atoms with Gasteiger partial charge in [0.05, 0.1) is 6.54 Å². The molecular weight excluding hydrogens is 382 g/mol. The first-order chi connectivity index (χ1) is 15.2. The summed E-state index contributed by atoms with van der Waals surface area (Å²) < 4.78 is 0. The van der Waals surface area contributed by atoms with Crippen molar-refractivity contribution in [3.05, 3.63) is 102 Å². The van der Waals surface area contributed by atoms with Crippen LogP contribution in [0.25, 0.3) is 21.8 Å². The normalized spacial score (nSPS) is 14.8. The Balaban J connectivity index is 1.73. The fourth-order valence-corrected chi connectivity index (χ4v) is 4.92. The highest BCUT2D eigenvalue weighted by Crippen LogP contribution is 2.50. The van der Waals surface area contributed by atoms with E-state index in [0.717, 1.165) is 44.4 Å². The largest absolute Gasteiger partial charge is 0.357 e. The van der Waals surface area contributed by atoms with E-state index in [1.54, 1.807) is 4.90 Å². The van der Waals surface area contributed by atoms with E-state index in [2.05, 4.69) is 40.2 Å². The lowest BCUT2D eigenvalue weighted by molar-refractivity contribution is -0.120. The number of H-pyrrole nitrogens is 2. The number of rotatable bonds is 3. The summed E-state index contributed by atoms with van der Waals surface area (Å²) in [5.41, 5.74) is 4.39. The third kappa shape index (κ3) is 2.29. The summed E-state index contributed by atoms with van der Waals surface area (Å²) in [6.07, 6.45) is 5.66. The van der Waals surface area contributed by atoms with E-state index in [0.29, 0.717) is 0 Å². The third-order valence-corrected chi connectivity index (χ3v) is 6.28. The molecule has 1 amide bonds. The molecule has 0 bridgehead atoms. The van der Waals surface area contributed by atoms with Gasteiger partial charge < -0.3 is 9.97 Å². The van der Waals surface area contributed by atoms with Gasteiger partial charge in [0.1, 0.15) is 0 Å². The molecule has 148 valence electrons. The second-order valence-corrected chi connectivity index (χ2v) is 7.90. The third-order valence-electron chi connectivity index (χ3n) is 6.28. The van der Waals surface area contributed by atoms with E-state index in [9.17, 15) is 4.79 Å². The first-order valence-electron chi connectivity index (χ1n) is 10.2. The Morgan fingerprint density at radius 1 is 0.806 bits per heavy atom. The number of terminal acetylenes is 1. The van der Waals surface area contributed by atoms with E-state index >= 15 is 0 Å². The van der Waals surface area contributed by atoms with Crippen molar-refractivity contribution in [2.45, 2.75) is 5.41 Å². The molecule has 5 aromatic rings. The number of carbonyl (C=O) groups excluding carboxylic acids is 1. The molecule has 0 fully saturated rings. The Morgan fingerprint density at radius 2 is 1.35 bits per heavy atom. The molecule has 31 heavy (non-hydrogen) atoms. The van der Waals surface area contributed by atoms with E-state index in [1.165, 1.54) is 0 Å². The molecule has 3 aromatic carbocycles. The summed E-state index contributed by atoms with van der Waals surface area (Å²) in [5, 5.41) is 2.13. The zero-order valence-electron chi connectivity index (χ0n) is 16.7. The summed E-state index contributed by atoms with van der Waals surface area (Å²) in [6.45, 7) is 0.220. The Kier molecular flexibility index (Phi) is 3.63. The molecule has 0 aliphatic carbocycles. The topological polar surface area (TPSA) is 51.9 Å². The van der Waals surface area contributed by atoms with Crippen molar-refractivity contribution >= 4 is 33.4 Å². The number of aromatic amines is 2. The molecule has 0 atom stereocenters. The molecule has 0 saturated carbocycles. The summed E-state index contributed by atoms with van der Waals surface area (Å²) in [6, 6.07) is 28.2. The number of nitrogens with zero attached hydrogens (tertiary/aromatic N) is 1. The Morgan fingerprint density at radius 3 is 1.94 bits per heavy atom. The van der Waals surface area contributed by atoms with Crippen LogP contribution in [-0.2, 0) is 10.2 Å². The van der Waals surface area contributed by atoms with Crippen molar-refractivity contribution in [1.82, 2.24) is 9.97 Å². The quantitative estimate of drug-likeness (QED) is 0.412. The zero-order valence-corrected chi connectivity index (χ0v) is 16.7. The van der Waals surface area contributed by atoms with Gasteiger partial charge in [0.25, 0.3) is 5.91 Å². The van der Waals surface area contributed by atoms with Crippen molar-refractivity contribution in [3.8, 4) is 12.3 Å². The van der Waals surface area contributed by atoms with Crippen LogP contribution in [0.3, 0.4) is 0 Å². The molecule has 0 unspecified atom stereocenters. The lowest BCUT2D eigenvalue weighted by Gasteiger charge is -2.27. The number of hydrogen-bond acceptors (Lipinski definition) is 1. The van der Waals surface area contributed by atoms with Crippen LogP contribution in [0.5, 0.6) is 0 Å². The number of amides is 1. The smallest absolute Gasteiger partial charge is 0.250 e. The number of benzene rings is 3. The first kappa shape index (κ1) is 17.6. The van der Waals surface area contributed by atoms with Crippen molar-refractivity contribution in [2.75, 3.05) is 11.4 Å². The van der Waals surface area contributed by atoms with Gasteiger partial charge in [0.2, 0.25) is 0 Å². The summed E-state index contributed by atoms with van der Waals surface area (Å²) >= 11 is 0. The molecule has 2 N–H and O–H groups in total. The number of fused-ring (bicyclic) bond motifs is 3. The molecule has 0 saturated heterocycles. The van der Waals surface area contributed by atoms with Crippen LogP contribution in [0.2, 0.25) is 0 Å². The molecule has 3 heterocycles. The van der Waals surface area contributed by atoms with Crippen LogP contribution in [0, 0.1) is 12.3 Å². The maximum absolute atomic E-state index is 14.2. The van der Waals surface area contributed by atoms with Gasteiger partial charge in [0.15, 0.2) is 5.41 Å². The fraction of sp³-hybridized carbons (Fsp3) is 0.0741. The molecular formula is C27H19N3O. The van der Waals surface area contributed by atoms with Crippen molar-refractivity contribution < 1.29 is 4.79 Å².